The molecule has 0 unspecified atom stereocenters. The maximum atomic E-state index is 4.27. The molecule has 0 spiro atoms. The van der Waals surface area contributed by atoms with Gasteiger partial charge in [-0.2, -0.15) is 12.6 Å². The first-order valence-electron chi connectivity index (χ1n) is 3.27. The zero-order chi connectivity index (χ0) is 6.53. The van der Waals surface area contributed by atoms with E-state index < -0.39 is 0 Å². The van der Waals surface area contributed by atoms with Gasteiger partial charge in [-0.1, -0.05) is 7.43 Å². The van der Waals surface area contributed by atoms with Crippen LogP contribution in [0.25, 0.3) is 0 Å². The Bertz CT molecular complexity index is 67.3. The van der Waals surface area contributed by atoms with E-state index in [9.17, 15) is 0 Å². The lowest BCUT2D eigenvalue weighted by Gasteiger charge is -2.07. The molecular formula is C7H16S3. The molecule has 1 aliphatic rings. The first-order valence-corrected chi connectivity index (χ1v) is 6.00. The topological polar surface area (TPSA) is 0 Å². The molecule has 1 fully saturated rings. The second kappa shape index (κ2) is 6.74. The van der Waals surface area contributed by atoms with Gasteiger partial charge in [0, 0.05) is 5.75 Å². The molecule has 1 rings (SSSR count). The minimum Gasteiger partial charge on any atom is -0.177 e. The minimum atomic E-state index is 0. The lowest BCUT2D eigenvalue weighted by atomic mass is 10.4. The summed E-state index contributed by atoms with van der Waals surface area (Å²) in [6.45, 7) is 0. The smallest absolute Gasteiger partial charge is 0.0590 e. The van der Waals surface area contributed by atoms with E-state index in [2.05, 4.69) is 36.2 Å². The summed E-state index contributed by atoms with van der Waals surface area (Å²) < 4.78 is 0.774. The maximum Gasteiger partial charge on any atom is 0.0590 e. The Labute approximate surface area is 78.3 Å². The van der Waals surface area contributed by atoms with E-state index in [0.29, 0.717) is 0 Å². The Morgan fingerprint density at radius 1 is 1.20 bits per heavy atom. The van der Waals surface area contributed by atoms with Gasteiger partial charge in [0.15, 0.2) is 0 Å². The molecular weight excluding hydrogens is 180 g/mol. The number of thiol groups is 1. The van der Waals surface area contributed by atoms with Crippen LogP contribution in [0.3, 0.4) is 0 Å². The fourth-order valence-electron chi connectivity index (χ4n) is 0.787. The van der Waals surface area contributed by atoms with Crippen molar-refractivity contribution in [3.05, 3.63) is 0 Å². The monoisotopic (exact) mass is 196 g/mol. The standard InChI is InChI=1S/C6H12S3.CH4/c7-5-6-8-3-1-2-4-9-6;/h6-7H,1-5H2;1H4. The van der Waals surface area contributed by atoms with E-state index >= 15 is 0 Å². The summed E-state index contributed by atoms with van der Waals surface area (Å²) in [5.41, 5.74) is 0. The highest BCUT2D eigenvalue weighted by Crippen LogP contribution is 2.29. The summed E-state index contributed by atoms with van der Waals surface area (Å²) in [5, 5.41) is 0. The zero-order valence-corrected chi connectivity index (χ0v) is 7.90. The van der Waals surface area contributed by atoms with E-state index in [0.717, 1.165) is 10.3 Å². The fraction of sp³-hybridized carbons (Fsp3) is 1.00. The van der Waals surface area contributed by atoms with Crippen LogP contribution in [0.15, 0.2) is 0 Å². The number of thioether (sulfide) groups is 2. The van der Waals surface area contributed by atoms with Gasteiger partial charge in [0.05, 0.1) is 4.58 Å². The molecule has 10 heavy (non-hydrogen) atoms. The largest absolute Gasteiger partial charge is 0.177 e. The number of rotatable bonds is 1. The van der Waals surface area contributed by atoms with Gasteiger partial charge in [0.2, 0.25) is 0 Å². The molecule has 0 aliphatic carbocycles. The average Bonchev–Trinajstić information content (AvgIpc) is 2.13. The van der Waals surface area contributed by atoms with Crippen molar-refractivity contribution in [2.24, 2.45) is 0 Å². The van der Waals surface area contributed by atoms with Crippen LogP contribution < -0.4 is 0 Å². The van der Waals surface area contributed by atoms with E-state index in [1.54, 1.807) is 0 Å². The Morgan fingerprint density at radius 3 is 2.10 bits per heavy atom. The second-order valence-electron chi connectivity index (χ2n) is 2.06. The predicted molar refractivity (Wildman–Crippen MR) is 58.5 cm³/mol. The highest BCUT2D eigenvalue weighted by atomic mass is 32.2. The van der Waals surface area contributed by atoms with Gasteiger partial charge in [-0.15, -0.1) is 23.5 Å². The highest BCUT2D eigenvalue weighted by molar-refractivity contribution is 8.17. The minimum absolute atomic E-state index is 0. The van der Waals surface area contributed by atoms with Gasteiger partial charge in [-0.25, -0.2) is 0 Å². The van der Waals surface area contributed by atoms with Crippen LogP contribution in [0.2, 0.25) is 0 Å². The van der Waals surface area contributed by atoms with Gasteiger partial charge in [-0.3, -0.25) is 0 Å². The first kappa shape index (κ1) is 11.1. The molecule has 0 amide bonds. The predicted octanol–water partition coefficient (Wildman–Crippen LogP) is 3.14. The molecule has 0 aromatic rings. The molecule has 0 nitrogen and oxygen atoms in total. The quantitative estimate of drug-likeness (QED) is 0.640. The van der Waals surface area contributed by atoms with Crippen molar-refractivity contribution >= 4 is 36.2 Å². The van der Waals surface area contributed by atoms with Gasteiger partial charge < -0.3 is 0 Å². The fourth-order valence-corrected chi connectivity index (χ4v) is 3.86. The van der Waals surface area contributed by atoms with Crippen molar-refractivity contribution in [3.8, 4) is 0 Å². The van der Waals surface area contributed by atoms with E-state index in [1.165, 1.54) is 24.3 Å². The SMILES string of the molecule is C.SCC1SCCCCS1. The third kappa shape index (κ3) is 4.04. The van der Waals surface area contributed by atoms with Gasteiger partial charge >= 0.3 is 0 Å². The van der Waals surface area contributed by atoms with Crippen molar-refractivity contribution in [2.75, 3.05) is 17.3 Å². The molecule has 0 N–H and O–H groups in total. The normalized spacial score (nSPS) is 21.3. The van der Waals surface area contributed by atoms with Crippen LogP contribution in [0, 0.1) is 0 Å². The first-order chi connectivity index (χ1) is 4.43. The summed E-state index contributed by atoms with van der Waals surface area (Å²) >= 11 is 8.41. The number of hydrogen-bond donors (Lipinski definition) is 1. The van der Waals surface area contributed by atoms with E-state index in [1.807, 2.05) is 0 Å². The van der Waals surface area contributed by atoms with Crippen LogP contribution in [-0.2, 0) is 0 Å². The molecule has 0 saturated carbocycles. The zero-order valence-electron chi connectivity index (χ0n) is 5.38. The van der Waals surface area contributed by atoms with Crippen molar-refractivity contribution in [2.45, 2.75) is 24.9 Å². The third-order valence-electron chi connectivity index (χ3n) is 1.30. The molecule has 62 valence electrons. The lowest BCUT2D eigenvalue weighted by Crippen LogP contribution is -1.97. The van der Waals surface area contributed by atoms with Gasteiger partial charge in [0.25, 0.3) is 0 Å². The van der Waals surface area contributed by atoms with E-state index in [-0.39, 0.29) is 7.43 Å². The molecule has 0 bridgehead atoms. The number of hydrogen-bond acceptors (Lipinski definition) is 3. The average molecular weight is 196 g/mol. The summed E-state index contributed by atoms with van der Waals surface area (Å²) in [7, 11) is 0. The van der Waals surface area contributed by atoms with Crippen LogP contribution in [0.1, 0.15) is 20.3 Å². The Balaban J connectivity index is 0.000000810. The van der Waals surface area contributed by atoms with Crippen LogP contribution in [0.4, 0.5) is 0 Å². The molecule has 0 atom stereocenters. The highest BCUT2D eigenvalue weighted by Gasteiger charge is 2.09. The summed E-state index contributed by atoms with van der Waals surface area (Å²) in [6, 6.07) is 0. The molecule has 0 aromatic heterocycles. The summed E-state index contributed by atoms with van der Waals surface area (Å²) in [5.74, 6) is 3.73. The maximum absolute atomic E-state index is 4.27. The Hall–Kier alpha value is 1.05. The molecule has 3 heteroatoms. The molecule has 1 aliphatic heterocycles. The van der Waals surface area contributed by atoms with E-state index in [4.69, 9.17) is 0 Å². The Kier molecular flexibility index (Phi) is 7.45. The van der Waals surface area contributed by atoms with Crippen LogP contribution in [0.5, 0.6) is 0 Å². The third-order valence-corrected chi connectivity index (χ3v) is 5.10. The molecule has 1 heterocycles. The summed E-state index contributed by atoms with van der Waals surface area (Å²) in [6.07, 6.45) is 2.81. The molecule has 0 aromatic carbocycles. The summed E-state index contributed by atoms with van der Waals surface area (Å²) in [4.78, 5) is 0. The van der Waals surface area contributed by atoms with Crippen molar-refractivity contribution in [1.29, 1.82) is 0 Å². The lowest BCUT2D eigenvalue weighted by molar-refractivity contribution is 0.912. The van der Waals surface area contributed by atoms with Crippen molar-refractivity contribution < 1.29 is 0 Å². The second-order valence-corrected chi connectivity index (χ2v) is 5.35. The molecule has 1 saturated heterocycles. The Morgan fingerprint density at radius 2 is 1.70 bits per heavy atom. The van der Waals surface area contributed by atoms with Gasteiger partial charge in [0.1, 0.15) is 0 Å². The molecule has 0 radical (unpaired) electrons. The van der Waals surface area contributed by atoms with Crippen molar-refractivity contribution in [3.63, 3.8) is 0 Å². The van der Waals surface area contributed by atoms with Crippen LogP contribution >= 0.6 is 36.2 Å². The van der Waals surface area contributed by atoms with Gasteiger partial charge in [-0.05, 0) is 24.3 Å². The van der Waals surface area contributed by atoms with Crippen molar-refractivity contribution in [1.82, 2.24) is 0 Å². The van der Waals surface area contributed by atoms with Crippen LogP contribution in [-0.4, -0.2) is 21.8 Å².